The molecular formula is C16H18N4. The second-order valence-electron chi connectivity index (χ2n) is 4.63. The number of nitrogens with two attached hydrogens (primary N) is 1. The molecule has 102 valence electrons. The lowest BCUT2D eigenvalue weighted by molar-refractivity contribution is 0.780. The minimum atomic E-state index is -0.0756. The van der Waals surface area contributed by atoms with E-state index in [0.717, 1.165) is 17.1 Å². The first-order valence-electron chi connectivity index (χ1n) is 6.63. The molecule has 20 heavy (non-hydrogen) atoms. The lowest BCUT2D eigenvalue weighted by atomic mass is 10.2. The number of pyridine rings is 1. The SMILES string of the molecule is C[C@H](N)c1ccc(N(CCC#N)c2ccccc2)cn1. The molecular weight excluding hydrogens is 248 g/mol. The van der Waals surface area contributed by atoms with Crippen LogP contribution in [-0.2, 0) is 0 Å². The lowest BCUT2D eigenvalue weighted by Crippen LogP contribution is -2.18. The molecule has 0 aliphatic rings. The predicted molar refractivity (Wildman–Crippen MR) is 80.5 cm³/mol. The van der Waals surface area contributed by atoms with Gasteiger partial charge in [0.15, 0.2) is 0 Å². The number of para-hydroxylation sites is 1. The molecule has 0 amide bonds. The van der Waals surface area contributed by atoms with E-state index in [-0.39, 0.29) is 6.04 Å². The molecule has 2 aromatic rings. The first kappa shape index (κ1) is 14.0. The quantitative estimate of drug-likeness (QED) is 0.902. The number of hydrogen-bond acceptors (Lipinski definition) is 4. The molecule has 0 unspecified atom stereocenters. The smallest absolute Gasteiger partial charge is 0.0640 e. The molecule has 0 aliphatic carbocycles. The highest BCUT2D eigenvalue weighted by atomic mass is 15.1. The summed E-state index contributed by atoms with van der Waals surface area (Å²) >= 11 is 0. The minimum Gasteiger partial charge on any atom is -0.339 e. The van der Waals surface area contributed by atoms with Gasteiger partial charge in [-0.15, -0.1) is 0 Å². The van der Waals surface area contributed by atoms with Gasteiger partial charge >= 0.3 is 0 Å². The van der Waals surface area contributed by atoms with Gasteiger partial charge in [-0.1, -0.05) is 18.2 Å². The van der Waals surface area contributed by atoms with Gasteiger partial charge in [-0.05, 0) is 31.2 Å². The Labute approximate surface area is 119 Å². The number of benzene rings is 1. The van der Waals surface area contributed by atoms with Gasteiger partial charge in [0.1, 0.15) is 0 Å². The number of anilines is 2. The second kappa shape index (κ2) is 6.69. The van der Waals surface area contributed by atoms with E-state index >= 15 is 0 Å². The van der Waals surface area contributed by atoms with Crippen LogP contribution in [0.25, 0.3) is 0 Å². The van der Waals surface area contributed by atoms with Gasteiger partial charge in [0, 0.05) is 18.3 Å². The van der Waals surface area contributed by atoms with Gasteiger partial charge in [0.05, 0.1) is 30.1 Å². The predicted octanol–water partition coefficient (Wildman–Crippen LogP) is 3.15. The summed E-state index contributed by atoms with van der Waals surface area (Å²) in [6.45, 7) is 2.55. The Kier molecular flexibility index (Phi) is 4.70. The van der Waals surface area contributed by atoms with E-state index < -0.39 is 0 Å². The van der Waals surface area contributed by atoms with Gasteiger partial charge in [-0.25, -0.2) is 0 Å². The first-order valence-corrected chi connectivity index (χ1v) is 6.63. The third-order valence-electron chi connectivity index (χ3n) is 3.06. The zero-order valence-electron chi connectivity index (χ0n) is 11.5. The van der Waals surface area contributed by atoms with Crippen molar-refractivity contribution < 1.29 is 0 Å². The van der Waals surface area contributed by atoms with E-state index in [1.54, 1.807) is 0 Å². The van der Waals surface area contributed by atoms with E-state index in [2.05, 4.69) is 16.0 Å². The molecule has 0 spiro atoms. The summed E-state index contributed by atoms with van der Waals surface area (Å²) in [5.74, 6) is 0. The Morgan fingerprint density at radius 3 is 2.50 bits per heavy atom. The zero-order chi connectivity index (χ0) is 14.4. The van der Waals surface area contributed by atoms with Gasteiger partial charge in [-0.2, -0.15) is 5.26 Å². The lowest BCUT2D eigenvalue weighted by Gasteiger charge is -2.24. The molecule has 0 bridgehead atoms. The molecule has 1 aromatic heterocycles. The van der Waals surface area contributed by atoms with E-state index in [1.807, 2.05) is 55.6 Å². The summed E-state index contributed by atoms with van der Waals surface area (Å²) in [5, 5.41) is 8.82. The Hall–Kier alpha value is -2.38. The molecule has 0 saturated heterocycles. The van der Waals surface area contributed by atoms with Crippen LogP contribution in [-0.4, -0.2) is 11.5 Å². The summed E-state index contributed by atoms with van der Waals surface area (Å²) < 4.78 is 0. The van der Waals surface area contributed by atoms with E-state index in [1.165, 1.54) is 0 Å². The fourth-order valence-electron chi connectivity index (χ4n) is 2.00. The van der Waals surface area contributed by atoms with Crippen LogP contribution in [0.2, 0.25) is 0 Å². The van der Waals surface area contributed by atoms with Crippen molar-refractivity contribution in [3.8, 4) is 6.07 Å². The van der Waals surface area contributed by atoms with Crippen molar-refractivity contribution in [2.45, 2.75) is 19.4 Å². The highest BCUT2D eigenvalue weighted by molar-refractivity contribution is 5.62. The summed E-state index contributed by atoms with van der Waals surface area (Å²) in [4.78, 5) is 6.47. The molecule has 1 heterocycles. The van der Waals surface area contributed by atoms with Crippen LogP contribution in [0.4, 0.5) is 11.4 Å². The first-order chi connectivity index (χ1) is 9.72. The zero-order valence-corrected chi connectivity index (χ0v) is 11.5. The molecule has 1 atom stereocenters. The largest absolute Gasteiger partial charge is 0.339 e. The average Bonchev–Trinajstić information content (AvgIpc) is 2.49. The van der Waals surface area contributed by atoms with Crippen molar-refractivity contribution in [3.63, 3.8) is 0 Å². The molecule has 4 heteroatoms. The standard InChI is InChI=1S/C16H18N4/c1-13(18)16-9-8-15(12-19-16)20(11-5-10-17)14-6-3-2-4-7-14/h2-4,6-9,12-13H,5,11,18H2,1H3/t13-/m0/s1. The number of nitriles is 1. The van der Waals surface area contributed by atoms with Crippen molar-refractivity contribution in [1.82, 2.24) is 4.98 Å². The van der Waals surface area contributed by atoms with Crippen molar-refractivity contribution in [2.24, 2.45) is 5.73 Å². The summed E-state index contributed by atoms with van der Waals surface area (Å²) in [6.07, 6.45) is 2.27. The highest BCUT2D eigenvalue weighted by Crippen LogP contribution is 2.25. The molecule has 0 aliphatic heterocycles. The molecule has 0 radical (unpaired) electrons. The molecule has 4 nitrogen and oxygen atoms in total. The molecule has 1 aromatic carbocycles. The van der Waals surface area contributed by atoms with Crippen molar-refractivity contribution in [2.75, 3.05) is 11.4 Å². The van der Waals surface area contributed by atoms with Crippen molar-refractivity contribution >= 4 is 11.4 Å². The highest BCUT2D eigenvalue weighted by Gasteiger charge is 2.10. The van der Waals surface area contributed by atoms with Gasteiger partial charge in [0.2, 0.25) is 0 Å². The maximum atomic E-state index is 8.82. The van der Waals surface area contributed by atoms with E-state index in [0.29, 0.717) is 13.0 Å². The van der Waals surface area contributed by atoms with Crippen LogP contribution >= 0.6 is 0 Å². The molecule has 2 rings (SSSR count). The second-order valence-corrected chi connectivity index (χ2v) is 4.63. The minimum absolute atomic E-state index is 0.0756. The molecule has 0 fully saturated rings. The molecule has 2 N–H and O–H groups in total. The number of rotatable bonds is 5. The van der Waals surface area contributed by atoms with Crippen LogP contribution in [0.3, 0.4) is 0 Å². The normalized spacial score (nSPS) is 11.7. The van der Waals surface area contributed by atoms with Crippen LogP contribution in [0, 0.1) is 11.3 Å². The maximum Gasteiger partial charge on any atom is 0.0640 e. The van der Waals surface area contributed by atoms with Crippen LogP contribution < -0.4 is 10.6 Å². The Morgan fingerprint density at radius 2 is 1.95 bits per heavy atom. The third kappa shape index (κ3) is 3.34. The van der Waals surface area contributed by atoms with Crippen LogP contribution in [0.5, 0.6) is 0 Å². The summed E-state index contributed by atoms with van der Waals surface area (Å²) in [7, 11) is 0. The van der Waals surface area contributed by atoms with E-state index in [9.17, 15) is 0 Å². The van der Waals surface area contributed by atoms with Gasteiger partial charge in [0.25, 0.3) is 0 Å². The third-order valence-corrected chi connectivity index (χ3v) is 3.06. The van der Waals surface area contributed by atoms with Gasteiger partial charge < -0.3 is 10.6 Å². The fourth-order valence-corrected chi connectivity index (χ4v) is 2.00. The number of aromatic nitrogens is 1. The molecule has 0 saturated carbocycles. The summed E-state index contributed by atoms with van der Waals surface area (Å²) in [5.41, 5.74) is 8.70. The number of hydrogen-bond donors (Lipinski definition) is 1. The average molecular weight is 266 g/mol. The van der Waals surface area contributed by atoms with Crippen molar-refractivity contribution in [1.29, 1.82) is 5.26 Å². The maximum absolute atomic E-state index is 8.82. The topological polar surface area (TPSA) is 65.9 Å². The number of nitrogens with zero attached hydrogens (tertiary/aromatic N) is 3. The Bertz CT molecular complexity index is 570. The Morgan fingerprint density at radius 1 is 1.20 bits per heavy atom. The van der Waals surface area contributed by atoms with Crippen LogP contribution in [0.15, 0.2) is 48.7 Å². The van der Waals surface area contributed by atoms with E-state index in [4.69, 9.17) is 11.0 Å². The fraction of sp³-hybridized carbons (Fsp3) is 0.250. The van der Waals surface area contributed by atoms with Gasteiger partial charge in [-0.3, -0.25) is 4.98 Å². The van der Waals surface area contributed by atoms with Crippen molar-refractivity contribution in [3.05, 3.63) is 54.4 Å². The Balaban J connectivity index is 2.29. The monoisotopic (exact) mass is 266 g/mol. The summed E-state index contributed by atoms with van der Waals surface area (Å²) in [6, 6.07) is 16.0. The van der Waals surface area contributed by atoms with Crippen LogP contribution in [0.1, 0.15) is 25.1 Å².